The lowest BCUT2D eigenvalue weighted by atomic mass is 10.1. The molecule has 1 heterocycles. The second-order valence-electron chi connectivity index (χ2n) is 5.40. The van der Waals surface area contributed by atoms with Gasteiger partial charge in [-0.2, -0.15) is 0 Å². The Hall–Kier alpha value is -1.88. The smallest absolute Gasteiger partial charge is 0.306 e. The van der Waals surface area contributed by atoms with Crippen molar-refractivity contribution < 1.29 is 19.1 Å². The summed E-state index contributed by atoms with van der Waals surface area (Å²) >= 11 is 0. The maximum atomic E-state index is 11.6. The molecule has 0 spiro atoms. The van der Waals surface area contributed by atoms with Crippen LogP contribution in [0, 0.1) is 5.92 Å². The molecule has 1 atom stereocenters. The van der Waals surface area contributed by atoms with Crippen molar-refractivity contribution in [3.05, 3.63) is 35.9 Å². The van der Waals surface area contributed by atoms with E-state index in [1.807, 2.05) is 25.2 Å². The van der Waals surface area contributed by atoms with Crippen LogP contribution in [0.15, 0.2) is 30.3 Å². The molecule has 1 aromatic carbocycles. The minimum atomic E-state index is -0.258. The maximum Gasteiger partial charge on any atom is 0.306 e. The molecule has 1 saturated heterocycles. The van der Waals surface area contributed by atoms with E-state index in [1.54, 1.807) is 0 Å². The van der Waals surface area contributed by atoms with Gasteiger partial charge in [-0.15, -0.1) is 0 Å². The van der Waals surface area contributed by atoms with Crippen LogP contribution in [0.3, 0.4) is 0 Å². The number of benzene rings is 1. The van der Waals surface area contributed by atoms with Crippen molar-refractivity contribution in [2.75, 3.05) is 26.8 Å². The highest BCUT2D eigenvalue weighted by Crippen LogP contribution is 2.17. The van der Waals surface area contributed by atoms with Crippen molar-refractivity contribution in [1.29, 1.82) is 0 Å². The molecule has 2 rings (SSSR count). The Labute approximate surface area is 124 Å². The third-order valence-corrected chi connectivity index (χ3v) is 3.42. The van der Waals surface area contributed by atoms with Crippen LogP contribution in [0.25, 0.3) is 0 Å². The largest absolute Gasteiger partial charge is 0.465 e. The molecular formula is C16H21NO4. The highest BCUT2D eigenvalue weighted by Gasteiger charge is 2.26. The number of nitrogens with zero attached hydrogens (tertiary/aromatic N) is 1. The molecule has 1 unspecified atom stereocenters. The number of carbonyl (C=O) groups is 2. The second kappa shape index (κ2) is 7.78. The van der Waals surface area contributed by atoms with Gasteiger partial charge in [-0.1, -0.05) is 30.3 Å². The number of cyclic esters (lactones) is 1. The third kappa shape index (κ3) is 5.55. The standard InChI is InChI=1S/C16H21NO4/c1-17(11-13-5-3-2-4-6-13)7-8-20-15(18)9-14-10-16(19)21-12-14/h2-6,14H,7-12H2,1H3. The normalized spacial score (nSPS) is 17.8. The van der Waals surface area contributed by atoms with E-state index in [4.69, 9.17) is 9.47 Å². The van der Waals surface area contributed by atoms with Gasteiger partial charge in [0.1, 0.15) is 6.61 Å². The van der Waals surface area contributed by atoms with E-state index in [9.17, 15) is 9.59 Å². The number of ether oxygens (including phenoxy) is 2. The average Bonchev–Trinajstić information content (AvgIpc) is 2.85. The highest BCUT2D eigenvalue weighted by atomic mass is 16.5. The molecule has 5 nitrogen and oxygen atoms in total. The molecule has 114 valence electrons. The van der Waals surface area contributed by atoms with Gasteiger partial charge in [0.15, 0.2) is 0 Å². The summed E-state index contributed by atoms with van der Waals surface area (Å²) in [4.78, 5) is 24.7. The zero-order valence-electron chi connectivity index (χ0n) is 12.3. The Kier molecular flexibility index (Phi) is 5.75. The van der Waals surface area contributed by atoms with Crippen molar-refractivity contribution >= 4 is 11.9 Å². The van der Waals surface area contributed by atoms with Crippen LogP contribution in [0.1, 0.15) is 18.4 Å². The van der Waals surface area contributed by atoms with E-state index in [2.05, 4.69) is 17.0 Å². The molecule has 0 saturated carbocycles. The van der Waals surface area contributed by atoms with Crippen LogP contribution in [0.2, 0.25) is 0 Å². The predicted molar refractivity (Wildman–Crippen MR) is 77.4 cm³/mol. The van der Waals surface area contributed by atoms with E-state index in [0.29, 0.717) is 26.2 Å². The first-order valence-corrected chi connectivity index (χ1v) is 7.17. The molecule has 1 aromatic rings. The Morgan fingerprint density at radius 3 is 2.81 bits per heavy atom. The topological polar surface area (TPSA) is 55.8 Å². The van der Waals surface area contributed by atoms with Gasteiger partial charge < -0.3 is 9.47 Å². The van der Waals surface area contributed by atoms with Crippen LogP contribution in [0.4, 0.5) is 0 Å². The fourth-order valence-corrected chi connectivity index (χ4v) is 2.28. The molecule has 0 aliphatic carbocycles. The van der Waals surface area contributed by atoms with Crippen molar-refractivity contribution in [2.45, 2.75) is 19.4 Å². The molecule has 1 fully saturated rings. The molecule has 1 aliphatic heterocycles. The molecule has 1 aliphatic rings. The van der Waals surface area contributed by atoms with Gasteiger partial charge in [0.2, 0.25) is 0 Å². The molecule has 21 heavy (non-hydrogen) atoms. The first-order valence-electron chi connectivity index (χ1n) is 7.17. The number of likely N-dealkylation sites (N-methyl/N-ethyl adjacent to an activating group) is 1. The average molecular weight is 291 g/mol. The van der Waals surface area contributed by atoms with Crippen molar-refractivity contribution in [1.82, 2.24) is 4.90 Å². The Morgan fingerprint density at radius 2 is 2.14 bits per heavy atom. The molecule has 0 aromatic heterocycles. The highest BCUT2D eigenvalue weighted by molar-refractivity contribution is 5.74. The molecule has 0 N–H and O–H groups in total. The van der Waals surface area contributed by atoms with E-state index in [-0.39, 0.29) is 24.3 Å². The van der Waals surface area contributed by atoms with Gasteiger partial charge in [-0.05, 0) is 12.6 Å². The van der Waals surface area contributed by atoms with Crippen LogP contribution in [-0.4, -0.2) is 43.6 Å². The van der Waals surface area contributed by atoms with Gasteiger partial charge in [-0.3, -0.25) is 14.5 Å². The van der Waals surface area contributed by atoms with Crippen LogP contribution < -0.4 is 0 Å². The molecule has 0 radical (unpaired) electrons. The van der Waals surface area contributed by atoms with E-state index >= 15 is 0 Å². The first-order chi connectivity index (χ1) is 10.1. The van der Waals surface area contributed by atoms with Gasteiger partial charge in [0.05, 0.1) is 19.4 Å². The minimum Gasteiger partial charge on any atom is -0.465 e. The van der Waals surface area contributed by atoms with Crippen molar-refractivity contribution in [3.8, 4) is 0 Å². The van der Waals surface area contributed by atoms with Gasteiger partial charge in [0, 0.05) is 19.0 Å². The number of hydrogen-bond donors (Lipinski definition) is 0. The number of rotatable bonds is 7. The lowest BCUT2D eigenvalue weighted by molar-refractivity contribution is -0.145. The molecule has 0 bridgehead atoms. The fourth-order valence-electron chi connectivity index (χ4n) is 2.28. The summed E-state index contributed by atoms with van der Waals surface area (Å²) in [7, 11) is 1.99. The van der Waals surface area contributed by atoms with Crippen LogP contribution in [0.5, 0.6) is 0 Å². The SMILES string of the molecule is CN(CCOC(=O)CC1COC(=O)C1)Cc1ccccc1. The maximum absolute atomic E-state index is 11.6. The summed E-state index contributed by atoms with van der Waals surface area (Å²) < 4.78 is 10.0. The summed E-state index contributed by atoms with van der Waals surface area (Å²) in [6.07, 6.45) is 0.581. The Bertz CT molecular complexity index is 474. The van der Waals surface area contributed by atoms with Crippen LogP contribution in [-0.2, 0) is 25.6 Å². The fraction of sp³-hybridized carbons (Fsp3) is 0.500. The Balaban J connectivity index is 1.60. The van der Waals surface area contributed by atoms with Crippen molar-refractivity contribution in [2.24, 2.45) is 5.92 Å². The second-order valence-corrected chi connectivity index (χ2v) is 5.40. The first kappa shape index (κ1) is 15.5. The summed E-state index contributed by atoms with van der Waals surface area (Å²) in [6.45, 7) is 2.20. The monoisotopic (exact) mass is 291 g/mol. The van der Waals surface area contributed by atoms with E-state index < -0.39 is 0 Å². The quantitative estimate of drug-likeness (QED) is 0.714. The van der Waals surface area contributed by atoms with Gasteiger partial charge >= 0.3 is 11.9 Å². The summed E-state index contributed by atoms with van der Waals surface area (Å²) in [5, 5.41) is 0. The zero-order valence-corrected chi connectivity index (χ0v) is 12.3. The number of esters is 2. The van der Waals surface area contributed by atoms with Gasteiger partial charge in [0.25, 0.3) is 0 Å². The summed E-state index contributed by atoms with van der Waals surface area (Å²) in [6, 6.07) is 10.1. The summed E-state index contributed by atoms with van der Waals surface area (Å²) in [5.41, 5.74) is 1.23. The molecule has 0 amide bonds. The molecule has 5 heteroatoms. The number of hydrogen-bond acceptors (Lipinski definition) is 5. The minimum absolute atomic E-state index is 0.0213. The van der Waals surface area contributed by atoms with Crippen LogP contribution >= 0.6 is 0 Å². The zero-order chi connectivity index (χ0) is 15.1. The van der Waals surface area contributed by atoms with E-state index in [1.165, 1.54) is 5.56 Å². The lowest BCUT2D eigenvalue weighted by Crippen LogP contribution is -2.24. The number of carbonyl (C=O) groups excluding carboxylic acids is 2. The third-order valence-electron chi connectivity index (χ3n) is 3.42. The van der Waals surface area contributed by atoms with Crippen molar-refractivity contribution in [3.63, 3.8) is 0 Å². The van der Waals surface area contributed by atoms with E-state index in [0.717, 1.165) is 6.54 Å². The molecular weight excluding hydrogens is 270 g/mol. The Morgan fingerprint density at radius 1 is 1.38 bits per heavy atom. The lowest BCUT2D eigenvalue weighted by Gasteiger charge is -2.16. The predicted octanol–water partition coefficient (Wildman–Crippen LogP) is 1.61. The van der Waals surface area contributed by atoms with Gasteiger partial charge in [-0.25, -0.2) is 0 Å². The summed E-state index contributed by atoms with van der Waals surface area (Å²) in [5.74, 6) is -0.506.